The van der Waals surface area contributed by atoms with Crippen molar-refractivity contribution in [3.05, 3.63) is 48.0 Å². The third kappa shape index (κ3) is 4.06. The number of aromatic nitrogens is 2. The highest BCUT2D eigenvalue weighted by Crippen LogP contribution is 2.38. The Morgan fingerprint density at radius 3 is 2.83 bits per heavy atom. The Bertz CT molecular complexity index is 722. The van der Waals surface area contributed by atoms with Gasteiger partial charge in [-0.15, -0.1) is 0 Å². The first kappa shape index (κ1) is 16.4. The molecule has 24 heavy (non-hydrogen) atoms. The number of amides is 2. The van der Waals surface area contributed by atoms with Crippen molar-refractivity contribution in [2.45, 2.75) is 31.5 Å². The molecule has 0 saturated heterocycles. The van der Waals surface area contributed by atoms with Gasteiger partial charge in [-0.25, -0.2) is 9.78 Å². The van der Waals surface area contributed by atoms with Crippen LogP contribution < -0.4 is 10.6 Å². The Morgan fingerprint density at radius 1 is 1.33 bits per heavy atom. The number of rotatable bonds is 5. The number of nitrogens with zero attached hydrogens (tertiary/aromatic N) is 2. The molecule has 1 aliphatic carbocycles. The van der Waals surface area contributed by atoms with E-state index in [-0.39, 0.29) is 5.69 Å². The van der Waals surface area contributed by atoms with Crippen LogP contribution in [0.4, 0.5) is 23.7 Å². The number of alkyl halides is 3. The molecule has 128 valence electrons. The van der Waals surface area contributed by atoms with E-state index in [4.69, 9.17) is 0 Å². The molecule has 1 aromatic heterocycles. The summed E-state index contributed by atoms with van der Waals surface area (Å²) in [6, 6.07) is 3.99. The van der Waals surface area contributed by atoms with Gasteiger partial charge >= 0.3 is 12.2 Å². The lowest BCUT2D eigenvalue weighted by Crippen LogP contribution is -2.31. The Morgan fingerprint density at radius 2 is 2.12 bits per heavy atom. The largest absolute Gasteiger partial charge is 0.416 e. The zero-order chi connectivity index (χ0) is 17.2. The lowest BCUT2D eigenvalue weighted by atomic mass is 10.2. The Kier molecular flexibility index (Phi) is 4.46. The van der Waals surface area contributed by atoms with Crippen molar-refractivity contribution in [2.24, 2.45) is 0 Å². The molecule has 1 saturated carbocycles. The first-order valence-corrected chi connectivity index (χ1v) is 7.66. The number of hydrogen-bond donors (Lipinski definition) is 2. The molecule has 1 aliphatic rings. The first-order valence-electron chi connectivity index (χ1n) is 7.66. The molecule has 1 fully saturated rings. The fraction of sp³-hybridized carbons (Fsp3) is 0.375. The minimum absolute atomic E-state index is 0.101. The van der Waals surface area contributed by atoms with E-state index in [1.807, 2.05) is 10.8 Å². The molecule has 5 nitrogen and oxygen atoms in total. The molecule has 2 amide bonds. The maximum Gasteiger partial charge on any atom is 0.416 e. The molecule has 0 spiro atoms. The van der Waals surface area contributed by atoms with Crippen LogP contribution in [0, 0.1) is 0 Å². The lowest BCUT2D eigenvalue weighted by molar-refractivity contribution is -0.137. The van der Waals surface area contributed by atoms with Gasteiger partial charge in [-0.3, -0.25) is 0 Å². The van der Waals surface area contributed by atoms with Crippen molar-refractivity contribution >= 4 is 11.7 Å². The summed E-state index contributed by atoms with van der Waals surface area (Å²) in [4.78, 5) is 16.1. The second-order valence-electron chi connectivity index (χ2n) is 5.71. The van der Waals surface area contributed by atoms with Gasteiger partial charge < -0.3 is 15.2 Å². The zero-order valence-corrected chi connectivity index (χ0v) is 12.8. The molecule has 1 aromatic carbocycles. The van der Waals surface area contributed by atoms with Crippen LogP contribution in [0.5, 0.6) is 0 Å². The van der Waals surface area contributed by atoms with Crippen LogP contribution in [0.2, 0.25) is 0 Å². The van der Waals surface area contributed by atoms with Gasteiger partial charge in [0.15, 0.2) is 0 Å². The van der Waals surface area contributed by atoms with Crippen LogP contribution in [-0.4, -0.2) is 22.1 Å². The van der Waals surface area contributed by atoms with E-state index >= 15 is 0 Å². The van der Waals surface area contributed by atoms with Crippen molar-refractivity contribution in [3.63, 3.8) is 0 Å². The van der Waals surface area contributed by atoms with Gasteiger partial charge in [0.1, 0.15) is 5.82 Å². The van der Waals surface area contributed by atoms with Crippen molar-refractivity contribution in [1.29, 1.82) is 0 Å². The van der Waals surface area contributed by atoms with Gasteiger partial charge in [0.25, 0.3) is 0 Å². The summed E-state index contributed by atoms with van der Waals surface area (Å²) in [5, 5.41) is 5.04. The summed E-state index contributed by atoms with van der Waals surface area (Å²) in [6.07, 6.45) is 1.44. The van der Waals surface area contributed by atoms with Gasteiger partial charge in [-0.1, -0.05) is 6.07 Å². The molecular weight excluding hydrogens is 321 g/mol. The molecule has 0 radical (unpaired) electrons. The fourth-order valence-electron chi connectivity index (χ4n) is 2.45. The van der Waals surface area contributed by atoms with Gasteiger partial charge in [0.05, 0.1) is 5.56 Å². The average Bonchev–Trinajstić information content (AvgIpc) is 3.26. The first-order chi connectivity index (χ1) is 11.4. The predicted octanol–water partition coefficient (Wildman–Crippen LogP) is 3.60. The fourth-order valence-corrected chi connectivity index (χ4v) is 2.45. The number of carbonyl (C=O) groups is 1. The summed E-state index contributed by atoms with van der Waals surface area (Å²) in [6.45, 7) is 0.933. The average molecular weight is 338 g/mol. The number of anilines is 1. The highest BCUT2D eigenvalue weighted by atomic mass is 19.4. The SMILES string of the molecule is O=C(NCCn1ccnc1C1CC1)Nc1cccc(C(F)(F)F)c1. The highest BCUT2D eigenvalue weighted by molar-refractivity contribution is 5.89. The minimum atomic E-state index is -4.44. The number of imidazole rings is 1. The van der Waals surface area contributed by atoms with Gasteiger partial charge in [-0.2, -0.15) is 13.2 Å². The van der Waals surface area contributed by atoms with Crippen LogP contribution in [0.25, 0.3) is 0 Å². The quantitative estimate of drug-likeness (QED) is 0.875. The van der Waals surface area contributed by atoms with Crippen LogP contribution in [0.3, 0.4) is 0 Å². The Balaban J connectivity index is 1.50. The molecule has 0 aliphatic heterocycles. The van der Waals surface area contributed by atoms with E-state index in [0.717, 1.165) is 30.8 Å². The molecule has 8 heteroatoms. The maximum absolute atomic E-state index is 12.6. The van der Waals surface area contributed by atoms with Crippen molar-refractivity contribution in [1.82, 2.24) is 14.9 Å². The van der Waals surface area contributed by atoms with Crippen LogP contribution in [0.1, 0.15) is 30.1 Å². The van der Waals surface area contributed by atoms with E-state index in [9.17, 15) is 18.0 Å². The second kappa shape index (κ2) is 6.54. The van der Waals surface area contributed by atoms with Crippen LogP contribution in [0.15, 0.2) is 36.7 Å². The van der Waals surface area contributed by atoms with Gasteiger partial charge in [0.2, 0.25) is 0 Å². The topological polar surface area (TPSA) is 59.0 Å². The third-order valence-corrected chi connectivity index (χ3v) is 3.78. The van der Waals surface area contributed by atoms with Crippen molar-refractivity contribution in [3.8, 4) is 0 Å². The maximum atomic E-state index is 12.6. The summed E-state index contributed by atoms with van der Waals surface area (Å²) in [7, 11) is 0. The van der Waals surface area contributed by atoms with E-state index in [2.05, 4.69) is 15.6 Å². The summed E-state index contributed by atoms with van der Waals surface area (Å²) in [5.41, 5.74) is -0.698. The lowest BCUT2D eigenvalue weighted by Gasteiger charge is -2.11. The van der Waals surface area contributed by atoms with E-state index < -0.39 is 17.8 Å². The predicted molar refractivity (Wildman–Crippen MR) is 82.7 cm³/mol. The van der Waals surface area contributed by atoms with E-state index in [1.54, 1.807) is 6.20 Å². The molecule has 0 unspecified atom stereocenters. The van der Waals surface area contributed by atoms with Crippen LogP contribution in [-0.2, 0) is 12.7 Å². The highest BCUT2D eigenvalue weighted by Gasteiger charge is 2.30. The number of carbonyl (C=O) groups excluding carboxylic acids is 1. The Labute approximate surface area is 136 Å². The standard InChI is InChI=1S/C16H17F3N4O/c17-16(18,19)12-2-1-3-13(10-12)22-15(24)21-7-9-23-8-6-20-14(23)11-4-5-11/h1-3,6,8,10-11H,4-5,7,9H2,(H2,21,22,24). The minimum Gasteiger partial charge on any atom is -0.336 e. The smallest absolute Gasteiger partial charge is 0.336 e. The van der Waals surface area contributed by atoms with Gasteiger partial charge in [0, 0.05) is 37.1 Å². The van der Waals surface area contributed by atoms with E-state index in [0.29, 0.717) is 19.0 Å². The van der Waals surface area contributed by atoms with Crippen molar-refractivity contribution < 1.29 is 18.0 Å². The molecular formula is C16H17F3N4O. The molecule has 3 rings (SSSR count). The summed E-state index contributed by atoms with van der Waals surface area (Å²) in [5.74, 6) is 1.54. The number of nitrogens with one attached hydrogen (secondary N) is 2. The third-order valence-electron chi connectivity index (χ3n) is 3.78. The molecule has 1 heterocycles. The zero-order valence-electron chi connectivity index (χ0n) is 12.8. The normalized spacial score (nSPS) is 14.5. The molecule has 2 aromatic rings. The van der Waals surface area contributed by atoms with Gasteiger partial charge in [-0.05, 0) is 31.0 Å². The summed E-state index contributed by atoms with van der Waals surface area (Å²) < 4.78 is 39.9. The molecule has 2 N–H and O–H groups in total. The Hall–Kier alpha value is -2.51. The second-order valence-corrected chi connectivity index (χ2v) is 5.71. The van der Waals surface area contributed by atoms with E-state index in [1.165, 1.54) is 12.1 Å². The molecule has 0 bridgehead atoms. The number of hydrogen-bond acceptors (Lipinski definition) is 2. The van der Waals surface area contributed by atoms with Crippen molar-refractivity contribution in [2.75, 3.05) is 11.9 Å². The molecule has 0 atom stereocenters. The number of benzene rings is 1. The summed E-state index contributed by atoms with van der Waals surface area (Å²) >= 11 is 0. The van der Waals surface area contributed by atoms with Crippen LogP contribution >= 0.6 is 0 Å². The monoisotopic (exact) mass is 338 g/mol. The number of halogens is 3. The number of urea groups is 1.